The minimum atomic E-state index is -1.14. The molecule has 1 aromatic rings. The van der Waals surface area contributed by atoms with Gasteiger partial charge in [-0.05, 0) is 18.2 Å². The number of rotatable bonds is 3. The van der Waals surface area contributed by atoms with Crippen LogP contribution in [0.25, 0.3) is 0 Å². The van der Waals surface area contributed by atoms with Crippen LogP contribution in [-0.2, 0) is 4.84 Å². The molecule has 1 rings (SSSR count). The summed E-state index contributed by atoms with van der Waals surface area (Å²) in [6.45, 7) is 0. The second-order valence-corrected chi connectivity index (χ2v) is 3.46. The minimum absolute atomic E-state index is 0.0413. The third-order valence-electron chi connectivity index (χ3n) is 1.95. The molecule has 0 unspecified atom stereocenters. The first-order valence-electron chi connectivity index (χ1n) is 4.31. The molecular weight excluding hydrogens is 234 g/mol. The average Bonchev–Trinajstić information content (AvgIpc) is 2.26. The number of hydroxylamine groups is 2. The Bertz CT molecular complexity index is 433. The molecule has 5 nitrogen and oxygen atoms in total. The van der Waals surface area contributed by atoms with Crippen molar-refractivity contribution in [2.75, 3.05) is 14.2 Å². The number of carboxylic acids is 1. The molecule has 0 saturated heterocycles. The number of carboxylic acid groups (broad SMARTS) is 1. The van der Waals surface area contributed by atoms with Gasteiger partial charge in [0.15, 0.2) is 0 Å². The van der Waals surface area contributed by atoms with Crippen molar-refractivity contribution >= 4 is 23.5 Å². The lowest BCUT2D eigenvalue weighted by Crippen LogP contribution is -2.25. The van der Waals surface area contributed by atoms with Gasteiger partial charge in [0.1, 0.15) is 0 Å². The molecule has 16 heavy (non-hydrogen) atoms. The molecule has 0 aromatic heterocycles. The van der Waals surface area contributed by atoms with E-state index in [1.54, 1.807) is 0 Å². The van der Waals surface area contributed by atoms with E-state index < -0.39 is 11.9 Å². The maximum atomic E-state index is 11.7. The van der Waals surface area contributed by atoms with Gasteiger partial charge in [-0.2, -0.15) is 0 Å². The van der Waals surface area contributed by atoms with Crippen LogP contribution in [0, 0.1) is 0 Å². The van der Waals surface area contributed by atoms with Crippen LogP contribution in [0.15, 0.2) is 18.2 Å². The topological polar surface area (TPSA) is 66.8 Å². The van der Waals surface area contributed by atoms with Gasteiger partial charge in [-0.25, -0.2) is 9.86 Å². The predicted octanol–water partition coefficient (Wildman–Crippen LogP) is 1.67. The van der Waals surface area contributed by atoms with Crippen LogP contribution >= 0.6 is 11.6 Å². The average molecular weight is 244 g/mol. The number of halogens is 1. The van der Waals surface area contributed by atoms with E-state index in [9.17, 15) is 9.59 Å². The van der Waals surface area contributed by atoms with Gasteiger partial charge in [0.05, 0.1) is 12.7 Å². The summed E-state index contributed by atoms with van der Waals surface area (Å²) in [5.74, 6) is -1.61. The van der Waals surface area contributed by atoms with Crippen LogP contribution in [0.3, 0.4) is 0 Å². The van der Waals surface area contributed by atoms with Crippen LogP contribution in [0.1, 0.15) is 20.7 Å². The zero-order valence-electron chi connectivity index (χ0n) is 8.73. The zero-order chi connectivity index (χ0) is 12.3. The Hall–Kier alpha value is -1.59. The van der Waals surface area contributed by atoms with Crippen molar-refractivity contribution in [3.63, 3.8) is 0 Å². The molecule has 0 aliphatic carbocycles. The molecule has 86 valence electrons. The standard InChI is InChI=1S/C10H10ClNO4/c1-12(16-2)9(13)6-3-7(10(14)15)5-8(11)4-6/h3-5H,1-2H3,(H,14,15). The summed E-state index contributed by atoms with van der Waals surface area (Å²) in [5, 5.41) is 9.97. The Morgan fingerprint density at radius 3 is 2.38 bits per heavy atom. The lowest BCUT2D eigenvalue weighted by atomic mass is 10.1. The Labute approximate surface area is 97.1 Å². The summed E-state index contributed by atoms with van der Waals surface area (Å²) in [5.41, 5.74) is 0.120. The SMILES string of the molecule is CON(C)C(=O)c1cc(Cl)cc(C(=O)O)c1. The normalized spacial score (nSPS) is 9.94. The number of hydrogen-bond donors (Lipinski definition) is 1. The Balaban J connectivity index is 3.14. The maximum absolute atomic E-state index is 11.7. The van der Waals surface area contributed by atoms with Crippen molar-refractivity contribution in [1.29, 1.82) is 0 Å². The number of carbonyl (C=O) groups excluding carboxylic acids is 1. The third-order valence-corrected chi connectivity index (χ3v) is 2.17. The van der Waals surface area contributed by atoms with Gasteiger partial charge in [0.2, 0.25) is 0 Å². The number of benzene rings is 1. The first-order valence-corrected chi connectivity index (χ1v) is 4.69. The molecule has 0 saturated carbocycles. The highest BCUT2D eigenvalue weighted by Gasteiger charge is 2.15. The molecule has 1 aromatic carbocycles. The van der Waals surface area contributed by atoms with Gasteiger partial charge in [0, 0.05) is 17.6 Å². The van der Waals surface area contributed by atoms with E-state index in [2.05, 4.69) is 0 Å². The summed E-state index contributed by atoms with van der Waals surface area (Å²) < 4.78 is 0. The van der Waals surface area contributed by atoms with Crippen molar-refractivity contribution < 1.29 is 19.5 Å². The van der Waals surface area contributed by atoms with Crippen molar-refractivity contribution in [3.05, 3.63) is 34.3 Å². The first kappa shape index (κ1) is 12.5. The van der Waals surface area contributed by atoms with Gasteiger partial charge in [-0.1, -0.05) is 11.6 Å². The molecule has 0 heterocycles. The lowest BCUT2D eigenvalue weighted by molar-refractivity contribution is -0.0757. The molecule has 0 atom stereocenters. The van der Waals surface area contributed by atoms with Crippen LogP contribution in [-0.4, -0.2) is 36.2 Å². The lowest BCUT2D eigenvalue weighted by Gasteiger charge is -2.13. The summed E-state index contributed by atoms with van der Waals surface area (Å²) >= 11 is 5.71. The Kier molecular flexibility index (Phi) is 3.87. The smallest absolute Gasteiger partial charge is 0.335 e. The zero-order valence-corrected chi connectivity index (χ0v) is 9.49. The van der Waals surface area contributed by atoms with E-state index in [4.69, 9.17) is 21.5 Å². The fraction of sp³-hybridized carbons (Fsp3) is 0.200. The van der Waals surface area contributed by atoms with Crippen molar-refractivity contribution in [3.8, 4) is 0 Å². The maximum Gasteiger partial charge on any atom is 0.335 e. The molecule has 0 aliphatic heterocycles. The Morgan fingerprint density at radius 1 is 1.31 bits per heavy atom. The van der Waals surface area contributed by atoms with Gasteiger partial charge < -0.3 is 5.11 Å². The highest BCUT2D eigenvalue weighted by molar-refractivity contribution is 6.31. The van der Waals surface area contributed by atoms with E-state index in [-0.39, 0.29) is 16.1 Å². The minimum Gasteiger partial charge on any atom is -0.478 e. The van der Waals surface area contributed by atoms with Gasteiger partial charge >= 0.3 is 5.97 Å². The quantitative estimate of drug-likeness (QED) is 0.820. The summed E-state index contributed by atoms with van der Waals surface area (Å²) in [7, 11) is 2.75. The predicted molar refractivity (Wildman–Crippen MR) is 57.5 cm³/mol. The molecule has 6 heteroatoms. The molecule has 0 fully saturated rings. The highest BCUT2D eigenvalue weighted by atomic mass is 35.5. The van der Waals surface area contributed by atoms with E-state index in [1.807, 2.05) is 0 Å². The van der Waals surface area contributed by atoms with Crippen LogP contribution in [0.4, 0.5) is 0 Å². The molecule has 0 bridgehead atoms. The molecule has 1 N–H and O–H groups in total. The van der Waals surface area contributed by atoms with Gasteiger partial charge in [-0.15, -0.1) is 0 Å². The highest BCUT2D eigenvalue weighted by Crippen LogP contribution is 2.16. The largest absolute Gasteiger partial charge is 0.478 e. The number of amides is 1. The summed E-state index contributed by atoms with van der Waals surface area (Å²) in [4.78, 5) is 27.1. The summed E-state index contributed by atoms with van der Waals surface area (Å²) in [6, 6.07) is 3.89. The van der Waals surface area contributed by atoms with Crippen LogP contribution in [0.5, 0.6) is 0 Å². The van der Waals surface area contributed by atoms with E-state index in [1.165, 1.54) is 32.4 Å². The van der Waals surface area contributed by atoms with Gasteiger partial charge in [0.25, 0.3) is 5.91 Å². The molecule has 0 radical (unpaired) electrons. The van der Waals surface area contributed by atoms with Gasteiger partial charge in [-0.3, -0.25) is 9.63 Å². The number of nitrogens with zero attached hydrogens (tertiary/aromatic N) is 1. The fourth-order valence-corrected chi connectivity index (χ4v) is 1.34. The van der Waals surface area contributed by atoms with Crippen molar-refractivity contribution in [2.24, 2.45) is 0 Å². The number of hydrogen-bond acceptors (Lipinski definition) is 3. The first-order chi connectivity index (χ1) is 7.45. The van der Waals surface area contributed by atoms with Crippen LogP contribution in [0.2, 0.25) is 5.02 Å². The van der Waals surface area contributed by atoms with E-state index in [0.717, 1.165) is 5.06 Å². The molecule has 0 aliphatic rings. The van der Waals surface area contributed by atoms with Crippen LogP contribution < -0.4 is 0 Å². The molecular formula is C10H10ClNO4. The Morgan fingerprint density at radius 2 is 1.88 bits per heavy atom. The number of aromatic carboxylic acids is 1. The second-order valence-electron chi connectivity index (χ2n) is 3.02. The van der Waals surface area contributed by atoms with Crippen molar-refractivity contribution in [2.45, 2.75) is 0 Å². The summed E-state index contributed by atoms with van der Waals surface area (Å²) in [6.07, 6.45) is 0. The number of carbonyl (C=O) groups is 2. The second kappa shape index (κ2) is 4.96. The monoisotopic (exact) mass is 243 g/mol. The van der Waals surface area contributed by atoms with E-state index in [0.29, 0.717) is 0 Å². The van der Waals surface area contributed by atoms with E-state index >= 15 is 0 Å². The molecule has 1 amide bonds. The third kappa shape index (κ3) is 2.71. The van der Waals surface area contributed by atoms with Crippen molar-refractivity contribution in [1.82, 2.24) is 5.06 Å². The fourth-order valence-electron chi connectivity index (χ4n) is 1.10. The molecule has 0 spiro atoms.